The van der Waals surface area contributed by atoms with Crippen LogP contribution in [0.2, 0.25) is 0 Å². The molecule has 1 atom stereocenters. The molecule has 1 aliphatic heterocycles. The lowest BCUT2D eigenvalue weighted by molar-refractivity contribution is -0.160. The van der Waals surface area contributed by atoms with E-state index in [9.17, 15) is 4.79 Å². The van der Waals surface area contributed by atoms with E-state index in [1.807, 2.05) is 6.92 Å². The Morgan fingerprint density at radius 2 is 2.13 bits per heavy atom. The van der Waals surface area contributed by atoms with E-state index >= 15 is 0 Å². The van der Waals surface area contributed by atoms with E-state index in [1.165, 1.54) is 0 Å². The summed E-state index contributed by atoms with van der Waals surface area (Å²) in [6.07, 6.45) is 2.70. The summed E-state index contributed by atoms with van der Waals surface area (Å²) in [5.41, 5.74) is 0. The van der Waals surface area contributed by atoms with Crippen molar-refractivity contribution in [1.29, 1.82) is 0 Å². The van der Waals surface area contributed by atoms with Crippen LogP contribution in [0.3, 0.4) is 0 Å². The Morgan fingerprint density at radius 1 is 1.47 bits per heavy atom. The van der Waals surface area contributed by atoms with Gasteiger partial charge in [-0.15, -0.1) is 0 Å². The van der Waals surface area contributed by atoms with Crippen LogP contribution in [0.25, 0.3) is 0 Å². The van der Waals surface area contributed by atoms with Gasteiger partial charge in [-0.25, -0.2) is 0 Å². The minimum atomic E-state index is -0.354. The fraction of sp³-hybridized carbons (Fsp3) is 0.909. The van der Waals surface area contributed by atoms with Crippen LogP contribution in [-0.2, 0) is 19.0 Å². The number of esters is 1. The van der Waals surface area contributed by atoms with Gasteiger partial charge in [-0.2, -0.15) is 0 Å². The van der Waals surface area contributed by atoms with E-state index in [-0.39, 0.29) is 24.8 Å². The number of carbonyl (C=O) groups is 1. The van der Waals surface area contributed by atoms with Gasteiger partial charge in [0.2, 0.25) is 0 Å². The molecular formula is C11H20O4. The molecule has 1 rings (SSSR count). The van der Waals surface area contributed by atoms with Gasteiger partial charge in [0.25, 0.3) is 0 Å². The first-order valence-electron chi connectivity index (χ1n) is 5.64. The van der Waals surface area contributed by atoms with Crippen molar-refractivity contribution in [3.05, 3.63) is 0 Å². The maximum Gasteiger partial charge on any atom is 0.308 e. The van der Waals surface area contributed by atoms with Crippen molar-refractivity contribution in [1.82, 2.24) is 0 Å². The monoisotopic (exact) mass is 216 g/mol. The first-order valence-corrected chi connectivity index (χ1v) is 5.64. The molecule has 1 aliphatic rings. The second kappa shape index (κ2) is 6.80. The third-order valence-corrected chi connectivity index (χ3v) is 2.45. The van der Waals surface area contributed by atoms with E-state index in [2.05, 4.69) is 6.92 Å². The summed E-state index contributed by atoms with van der Waals surface area (Å²) < 4.78 is 15.4. The third-order valence-electron chi connectivity index (χ3n) is 2.45. The van der Waals surface area contributed by atoms with Gasteiger partial charge in [-0.1, -0.05) is 26.7 Å². The molecule has 0 amide bonds. The first-order chi connectivity index (χ1) is 7.24. The van der Waals surface area contributed by atoms with Gasteiger partial charge in [-0.3, -0.25) is 4.79 Å². The maximum absolute atomic E-state index is 11.5. The van der Waals surface area contributed by atoms with Crippen molar-refractivity contribution in [3.63, 3.8) is 0 Å². The SMILES string of the molecule is CCCCC(C)C(=O)OCC1OCCO1. The van der Waals surface area contributed by atoms with Gasteiger partial charge < -0.3 is 14.2 Å². The number of rotatable bonds is 6. The molecule has 88 valence electrons. The second-order valence-electron chi connectivity index (χ2n) is 3.84. The van der Waals surface area contributed by atoms with Crippen molar-refractivity contribution in [2.45, 2.75) is 39.4 Å². The molecular weight excluding hydrogens is 196 g/mol. The van der Waals surface area contributed by atoms with E-state index in [0.29, 0.717) is 13.2 Å². The molecule has 4 nitrogen and oxygen atoms in total. The summed E-state index contributed by atoms with van der Waals surface area (Å²) in [4.78, 5) is 11.5. The smallest absolute Gasteiger partial charge is 0.308 e. The summed E-state index contributed by atoms with van der Waals surface area (Å²) in [6.45, 7) is 5.41. The van der Waals surface area contributed by atoms with Gasteiger partial charge in [0.1, 0.15) is 6.61 Å². The Kier molecular flexibility index (Phi) is 5.65. The molecule has 0 radical (unpaired) electrons. The van der Waals surface area contributed by atoms with E-state index in [4.69, 9.17) is 14.2 Å². The molecule has 0 aromatic heterocycles. The minimum Gasteiger partial charge on any atom is -0.460 e. The normalized spacial score (nSPS) is 19.1. The highest BCUT2D eigenvalue weighted by molar-refractivity contribution is 5.71. The van der Waals surface area contributed by atoms with Crippen LogP contribution >= 0.6 is 0 Å². The summed E-state index contributed by atoms with van der Waals surface area (Å²) in [5.74, 6) is -0.172. The van der Waals surface area contributed by atoms with Crippen LogP contribution in [0.4, 0.5) is 0 Å². The summed E-state index contributed by atoms with van der Waals surface area (Å²) in [5, 5.41) is 0. The molecule has 1 fully saturated rings. The summed E-state index contributed by atoms with van der Waals surface area (Å²) in [6, 6.07) is 0. The highest BCUT2D eigenvalue weighted by Gasteiger charge is 2.20. The zero-order valence-electron chi connectivity index (χ0n) is 9.53. The largest absolute Gasteiger partial charge is 0.460 e. The fourth-order valence-electron chi connectivity index (χ4n) is 1.42. The van der Waals surface area contributed by atoms with Gasteiger partial charge in [0.05, 0.1) is 19.1 Å². The summed E-state index contributed by atoms with van der Waals surface area (Å²) >= 11 is 0. The predicted octanol–water partition coefficient (Wildman–Crippen LogP) is 1.73. The summed E-state index contributed by atoms with van der Waals surface area (Å²) in [7, 11) is 0. The molecule has 0 bridgehead atoms. The highest BCUT2D eigenvalue weighted by Crippen LogP contribution is 2.11. The minimum absolute atomic E-state index is 0.0219. The molecule has 0 aromatic carbocycles. The molecule has 1 heterocycles. The fourth-order valence-corrected chi connectivity index (χ4v) is 1.42. The Morgan fingerprint density at radius 3 is 2.73 bits per heavy atom. The standard InChI is InChI=1S/C11H20O4/c1-3-4-5-9(2)11(12)15-8-10-13-6-7-14-10/h9-10H,3-8H2,1-2H3. The van der Waals surface area contributed by atoms with Gasteiger partial charge >= 0.3 is 5.97 Å². The van der Waals surface area contributed by atoms with Gasteiger partial charge in [-0.05, 0) is 6.42 Å². The van der Waals surface area contributed by atoms with Crippen molar-refractivity contribution in [2.24, 2.45) is 5.92 Å². The zero-order chi connectivity index (χ0) is 11.1. The van der Waals surface area contributed by atoms with Crippen molar-refractivity contribution in [3.8, 4) is 0 Å². The lowest BCUT2D eigenvalue weighted by Crippen LogP contribution is -2.22. The molecule has 15 heavy (non-hydrogen) atoms. The number of ether oxygens (including phenoxy) is 3. The number of hydrogen-bond acceptors (Lipinski definition) is 4. The van der Waals surface area contributed by atoms with Crippen LogP contribution < -0.4 is 0 Å². The Hall–Kier alpha value is -0.610. The van der Waals surface area contributed by atoms with Crippen LogP contribution in [0.5, 0.6) is 0 Å². The maximum atomic E-state index is 11.5. The highest BCUT2D eigenvalue weighted by atomic mass is 16.7. The van der Waals surface area contributed by atoms with E-state index < -0.39 is 0 Å². The molecule has 0 N–H and O–H groups in total. The second-order valence-corrected chi connectivity index (χ2v) is 3.84. The quantitative estimate of drug-likeness (QED) is 0.634. The van der Waals surface area contributed by atoms with Gasteiger partial charge in [0.15, 0.2) is 6.29 Å². The molecule has 0 aromatic rings. The zero-order valence-corrected chi connectivity index (χ0v) is 9.53. The van der Waals surface area contributed by atoms with Crippen molar-refractivity contribution >= 4 is 5.97 Å². The Balaban J connectivity index is 2.11. The molecule has 4 heteroatoms. The average molecular weight is 216 g/mol. The van der Waals surface area contributed by atoms with Crippen LogP contribution in [0.15, 0.2) is 0 Å². The lowest BCUT2D eigenvalue weighted by atomic mass is 10.1. The Bertz CT molecular complexity index is 187. The van der Waals surface area contributed by atoms with Crippen molar-refractivity contribution in [2.75, 3.05) is 19.8 Å². The number of carbonyl (C=O) groups excluding carboxylic acids is 1. The molecule has 1 unspecified atom stereocenters. The topological polar surface area (TPSA) is 44.8 Å². The number of hydrogen-bond donors (Lipinski definition) is 0. The van der Waals surface area contributed by atoms with Crippen molar-refractivity contribution < 1.29 is 19.0 Å². The predicted molar refractivity (Wildman–Crippen MR) is 55.3 cm³/mol. The Labute approximate surface area is 90.9 Å². The molecule has 0 saturated carbocycles. The first kappa shape index (κ1) is 12.5. The molecule has 1 saturated heterocycles. The average Bonchev–Trinajstić information content (AvgIpc) is 2.75. The third kappa shape index (κ3) is 4.62. The van der Waals surface area contributed by atoms with Crippen LogP contribution in [0.1, 0.15) is 33.1 Å². The van der Waals surface area contributed by atoms with Gasteiger partial charge in [0, 0.05) is 0 Å². The van der Waals surface area contributed by atoms with E-state index in [1.54, 1.807) is 0 Å². The lowest BCUT2D eigenvalue weighted by Gasteiger charge is -2.13. The molecule has 0 spiro atoms. The number of unbranched alkanes of at least 4 members (excludes halogenated alkanes) is 1. The van der Waals surface area contributed by atoms with Crippen LogP contribution in [0, 0.1) is 5.92 Å². The van der Waals surface area contributed by atoms with Crippen LogP contribution in [-0.4, -0.2) is 32.1 Å². The molecule has 0 aliphatic carbocycles. The van der Waals surface area contributed by atoms with E-state index in [0.717, 1.165) is 19.3 Å².